The highest BCUT2D eigenvalue weighted by atomic mass is 35.5. The summed E-state index contributed by atoms with van der Waals surface area (Å²) >= 11 is 7.41. The number of fused-ring (bicyclic) bond motifs is 2. The minimum absolute atomic E-state index is 0.272. The minimum Gasteiger partial charge on any atom is -0.382 e. The number of nitrogen functional groups attached to an aromatic ring is 1. The standard InChI is InChI=1S/C25H18ClN5O2S/c1-13-2-4-16-17(6-7-28-20(16)9-14-3-5-19(26)15(8-14)10-32)21(13)31-25(33)18-11-34-23-22(18)29-12-30-24(23)27/h2-8,10-12H,9H2,1H3,(H,31,33)(H2,27,29,30). The summed E-state index contributed by atoms with van der Waals surface area (Å²) in [6, 6.07) is 11.2. The second-order valence-electron chi connectivity index (χ2n) is 7.80. The Morgan fingerprint density at radius 2 is 2.00 bits per heavy atom. The van der Waals surface area contributed by atoms with Crippen molar-refractivity contribution in [1.29, 1.82) is 0 Å². The summed E-state index contributed by atoms with van der Waals surface area (Å²) in [6.45, 7) is 1.94. The lowest BCUT2D eigenvalue weighted by Gasteiger charge is -2.14. The second-order valence-corrected chi connectivity index (χ2v) is 9.09. The highest BCUT2D eigenvalue weighted by Crippen LogP contribution is 2.32. The Labute approximate surface area is 203 Å². The number of nitrogens with zero attached hydrogens (tertiary/aromatic N) is 3. The van der Waals surface area contributed by atoms with Gasteiger partial charge in [0.15, 0.2) is 6.29 Å². The van der Waals surface area contributed by atoms with Crippen LogP contribution in [-0.2, 0) is 6.42 Å². The van der Waals surface area contributed by atoms with E-state index in [9.17, 15) is 9.59 Å². The Kier molecular flexibility index (Phi) is 5.69. The quantitative estimate of drug-likeness (QED) is 0.319. The minimum atomic E-state index is -0.272. The van der Waals surface area contributed by atoms with Gasteiger partial charge in [-0.15, -0.1) is 11.3 Å². The predicted molar refractivity (Wildman–Crippen MR) is 136 cm³/mol. The monoisotopic (exact) mass is 487 g/mol. The van der Waals surface area contributed by atoms with Crippen LogP contribution in [0.1, 0.15) is 37.5 Å². The van der Waals surface area contributed by atoms with Gasteiger partial charge >= 0.3 is 0 Å². The molecule has 0 atom stereocenters. The molecule has 3 aromatic heterocycles. The maximum absolute atomic E-state index is 13.2. The van der Waals surface area contributed by atoms with E-state index in [0.717, 1.165) is 33.9 Å². The van der Waals surface area contributed by atoms with E-state index in [-0.39, 0.29) is 5.91 Å². The number of halogens is 1. The molecule has 9 heteroatoms. The fraction of sp³-hybridized carbons (Fsp3) is 0.0800. The summed E-state index contributed by atoms with van der Waals surface area (Å²) in [4.78, 5) is 37.3. The molecule has 0 bridgehead atoms. The number of benzene rings is 2. The van der Waals surface area contributed by atoms with Crippen molar-refractivity contribution in [3.05, 3.63) is 87.3 Å². The van der Waals surface area contributed by atoms with Crippen LogP contribution in [0.4, 0.5) is 11.5 Å². The van der Waals surface area contributed by atoms with Gasteiger partial charge in [-0.05, 0) is 36.2 Å². The van der Waals surface area contributed by atoms with Gasteiger partial charge in [0.25, 0.3) is 5.91 Å². The molecule has 0 aliphatic carbocycles. The molecular weight excluding hydrogens is 470 g/mol. The number of hydrogen-bond donors (Lipinski definition) is 2. The molecule has 0 unspecified atom stereocenters. The molecule has 0 fully saturated rings. The van der Waals surface area contributed by atoms with Gasteiger partial charge in [-0.2, -0.15) is 0 Å². The highest BCUT2D eigenvalue weighted by Gasteiger charge is 2.18. The van der Waals surface area contributed by atoms with Crippen molar-refractivity contribution in [3.8, 4) is 0 Å². The van der Waals surface area contributed by atoms with E-state index >= 15 is 0 Å². The number of aromatic nitrogens is 3. The van der Waals surface area contributed by atoms with E-state index in [2.05, 4.69) is 20.3 Å². The van der Waals surface area contributed by atoms with Crippen molar-refractivity contribution in [1.82, 2.24) is 15.0 Å². The number of rotatable bonds is 5. The molecule has 0 saturated heterocycles. The van der Waals surface area contributed by atoms with Crippen LogP contribution in [0.3, 0.4) is 0 Å². The molecule has 34 heavy (non-hydrogen) atoms. The van der Waals surface area contributed by atoms with E-state index in [1.54, 1.807) is 23.7 Å². The number of nitrogens with one attached hydrogen (secondary N) is 1. The van der Waals surface area contributed by atoms with Gasteiger partial charge in [0.1, 0.15) is 12.1 Å². The molecule has 0 radical (unpaired) electrons. The van der Waals surface area contributed by atoms with Gasteiger partial charge < -0.3 is 11.1 Å². The highest BCUT2D eigenvalue weighted by molar-refractivity contribution is 7.18. The average molecular weight is 488 g/mol. The molecule has 1 amide bonds. The van der Waals surface area contributed by atoms with Crippen molar-refractivity contribution in [2.75, 3.05) is 11.1 Å². The molecule has 2 aromatic carbocycles. The lowest BCUT2D eigenvalue weighted by molar-refractivity contribution is 0.102. The Morgan fingerprint density at radius 3 is 2.82 bits per heavy atom. The number of aryl methyl sites for hydroxylation is 1. The Hall–Kier alpha value is -3.88. The first-order valence-corrected chi connectivity index (χ1v) is 11.6. The summed E-state index contributed by atoms with van der Waals surface area (Å²) in [6.07, 6.45) is 4.33. The lowest BCUT2D eigenvalue weighted by Crippen LogP contribution is -2.13. The summed E-state index contributed by atoms with van der Waals surface area (Å²) < 4.78 is 0.687. The summed E-state index contributed by atoms with van der Waals surface area (Å²) in [5.41, 5.74) is 10.7. The Bertz CT molecular complexity index is 1600. The molecule has 5 aromatic rings. The first kappa shape index (κ1) is 21.9. The summed E-state index contributed by atoms with van der Waals surface area (Å²) in [7, 11) is 0. The molecule has 0 spiro atoms. The second kappa shape index (κ2) is 8.81. The fourth-order valence-electron chi connectivity index (χ4n) is 3.93. The number of thiophene rings is 1. The van der Waals surface area contributed by atoms with E-state index < -0.39 is 0 Å². The van der Waals surface area contributed by atoms with Gasteiger partial charge in [-0.3, -0.25) is 14.6 Å². The SMILES string of the molecule is Cc1ccc2c(Cc3ccc(Cl)c(C=O)c3)nccc2c1NC(=O)c1csc2c(N)ncnc12. The van der Waals surface area contributed by atoms with Crippen LogP contribution in [0.5, 0.6) is 0 Å². The van der Waals surface area contributed by atoms with E-state index in [1.807, 2.05) is 31.2 Å². The summed E-state index contributed by atoms with van der Waals surface area (Å²) in [5, 5.41) is 7.00. The molecule has 168 valence electrons. The number of carbonyl (C=O) groups excluding carboxylic acids is 2. The smallest absolute Gasteiger partial charge is 0.258 e. The number of carbonyl (C=O) groups is 2. The Morgan fingerprint density at radius 1 is 1.15 bits per heavy atom. The van der Waals surface area contributed by atoms with Crippen molar-refractivity contribution >= 4 is 67.6 Å². The van der Waals surface area contributed by atoms with Crippen LogP contribution in [-0.4, -0.2) is 27.1 Å². The molecule has 3 N–H and O–H groups in total. The van der Waals surface area contributed by atoms with Crippen LogP contribution in [0.25, 0.3) is 21.0 Å². The average Bonchev–Trinajstić information content (AvgIpc) is 3.28. The Balaban J connectivity index is 1.53. The zero-order valence-electron chi connectivity index (χ0n) is 18.0. The van der Waals surface area contributed by atoms with Crippen LogP contribution < -0.4 is 11.1 Å². The van der Waals surface area contributed by atoms with Crippen LogP contribution in [0, 0.1) is 6.92 Å². The van der Waals surface area contributed by atoms with Crippen molar-refractivity contribution in [2.24, 2.45) is 0 Å². The number of nitrogens with two attached hydrogens (primary N) is 1. The van der Waals surface area contributed by atoms with E-state index in [0.29, 0.717) is 44.3 Å². The van der Waals surface area contributed by atoms with E-state index in [4.69, 9.17) is 17.3 Å². The topological polar surface area (TPSA) is 111 Å². The molecule has 3 heterocycles. The molecule has 7 nitrogen and oxygen atoms in total. The third-order valence-corrected chi connectivity index (χ3v) is 7.00. The van der Waals surface area contributed by atoms with Crippen molar-refractivity contribution in [2.45, 2.75) is 13.3 Å². The lowest BCUT2D eigenvalue weighted by atomic mass is 9.99. The van der Waals surface area contributed by atoms with Gasteiger partial charge in [0.05, 0.1) is 32.2 Å². The van der Waals surface area contributed by atoms with Crippen LogP contribution >= 0.6 is 22.9 Å². The number of amides is 1. The third-order valence-electron chi connectivity index (χ3n) is 5.66. The first-order valence-electron chi connectivity index (χ1n) is 10.4. The maximum Gasteiger partial charge on any atom is 0.258 e. The van der Waals surface area contributed by atoms with E-state index in [1.165, 1.54) is 17.7 Å². The van der Waals surface area contributed by atoms with Crippen LogP contribution in [0.15, 0.2) is 54.3 Å². The first-order chi connectivity index (χ1) is 16.5. The number of pyridine rings is 1. The molecule has 0 aliphatic rings. The van der Waals surface area contributed by atoms with Crippen molar-refractivity contribution in [3.63, 3.8) is 0 Å². The number of anilines is 2. The van der Waals surface area contributed by atoms with Crippen molar-refractivity contribution < 1.29 is 9.59 Å². The van der Waals surface area contributed by atoms with Gasteiger partial charge in [0.2, 0.25) is 0 Å². The predicted octanol–water partition coefficient (Wildman–Crippen LogP) is 5.44. The van der Waals surface area contributed by atoms with Gasteiger partial charge in [0, 0.05) is 34.3 Å². The third kappa shape index (κ3) is 3.87. The molecule has 0 aliphatic heterocycles. The molecular formula is C25H18ClN5O2S. The maximum atomic E-state index is 13.2. The fourth-order valence-corrected chi connectivity index (χ4v) is 4.99. The molecule has 0 saturated carbocycles. The largest absolute Gasteiger partial charge is 0.382 e. The van der Waals surface area contributed by atoms with Gasteiger partial charge in [-0.1, -0.05) is 29.8 Å². The van der Waals surface area contributed by atoms with Crippen LogP contribution in [0.2, 0.25) is 5.02 Å². The number of aldehydes is 1. The van der Waals surface area contributed by atoms with Gasteiger partial charge in [-0.25, -0.2) is 9.97 Å². The molecule has 5 rings (SSSR count). The zero-order valence-corrected chi connectivity index (χ0v) is 19.6. The zero-order chi connectivity index (χ0) is 23.8. The normalized spacial score (nSPS) is 11.1. The summed E-state index contributed by atoms with van der Waals surface area (Å²) in [5.74, 6) is 0.0812. The number of hydrogen-bond acceptors (Lipinski definition) is 7.